The number of carbonyl (C=O) groups is 2. The van der Waals surface area contributed by atoms with Gasteiger partial charge in [0, 0.05) is 33.1 Å². The van der Waals surface area contributed by atoms with Crippen molar-refractivity contribution < 1.29 is 23.8 Å². The number of amides is 2. The second kappa shape index (κ2) is 13.0. The summed E-state index contributed by atoms with van der Waals surface area (Å²) in [7, 11) is 3.31. The Bertz CT molecular complexity index is 1570. The number of hydrogen-bond donors (Lipinski definition) is 2. The molecule has 0 unspecified atom stereocenters. The Balaban J connectivity index is 1.64. The second-order valence-electron chi connectivity index (χ2n) is 9.78. The lowest BCUT2D eigenvalue weighted by Crippen LogP contribution is -2.42. The van der Waals surface area contributed by atoms with E-state index in [1.165, 1.54) is 4.90 Å². The maximum Gasteiger partial charge on any atom is 0.407 e. The van der Waals surface area contributed by atoms with Gasteiger partial charge >= 0.3 is 11.7 Å². The second-order valence-corrected chi connectivity index (χ2v) is 9.78. The number of carbonyl (C=O) groups excluding carboxylic acids is 1. The average molecular weight is 559 g/mol. The predicted molar refractivity (Wildman–Crippen MR) is 156 cm³/mol. The Morgan fingerprint density at radius 3 is 2.37 bits per heavy atom. The molecule has 0 radical (unpaired) electrons. The summed E-state index contributed by atoms with van der Waals surface area (Å²) in [5, 5.41) is 12.7. The molecular formula is C31H34N4O6. The van der Waals surface area contributed by atoms with Crippen LogP contribution in [0.2, 0.25) is 0 Å². The molecule has 0 saturated heterocycles. The van der Waals surface area contributed by atoms with Gasteiger partial charge in [0.15, 0.2) is 0 Å². The molecule has 0 aliphatic heterocycles. The standard InChI is InChI=1S/C31H34N4O6/c1-5-35(31(38)39)19-23-13-16-25-27(20(23)2)29(37)41-30(32-25)33-26(17-21-11-14-24(40-4)15-12-21)28(36)34(3)18-22-9-7-6-8-10-22/h6-16,26H,5,17-19H2,1-4H3,(H,32,33)(H,38,39)/t26-/m0/s1. The van der Waals surface area contributed by atoms with Crippen LogP contribution in [0.15, 0.2) is 75.9 Å². The molecule has 10 nitrogen and oxygen atoms in total. The van der Waals surface area contributed by atoms with Crippen molar-refractivity contribution in [1.82, 2.24) is 14.8 Å². The maximum absolute atomic E-state index is 13.7. The van der Waals surface area contributed by atoms with Gasteiger partial charge in [-0.1, -0.05) is 48.5 Å². The van der Waals surface area contributed by atoms with E-state index in [4.69, 9.17) is 9.15 Å². The number of rotatable bonds is 11. The van der Waals surface area contributed by atoms with E-state index in [2.05, 4.69) is 10.3 Å². The summed E-state index contributed by atoms with van der Waals surface area (Å²) >= 11 is 0. The molecule has 214 valence electrons. The van der Waals surface area contributed by atoms with Crippen molar-refractivity contribution in [2.24, 2.45) is 0 Å². The van der Waals surface area contributed by atoms with Gasteiger partial charge in [0.1, 0.15) is 11.8 Å². The number of likely N-dealkylation sites (N-methyl/N-ethyl adjacent to an activating group) is 1. The normalized spacial score (nSPS) is 11.6. The third kappa shape index (κ3) is 7.02. The smallest absolute Gasteiger partial charge is 0.407 e. The molecule has 10 heteroatoms. The molecule has 0 spiro atoms. The van der Waals surface area contributed by atoms with Gasteiger partial charge in [-0.25, -0.2) is 9.59 Å². The van der Waals surface area contributed by atoms with Crippen LogP contribution in [0.1, 0.15) is 29.2 Å². The third-order valence-electron chi connectivity index (χ3n) is 7.02. The van der Waals surface area contributed by atoms with E-state index in [0.29, 0.717) is 41.9 Å². The highest BCUT2D eigenvalue weighted by Gasteiger charge is 2.25. The molecular weight excluding hydrogens is 524 g/mol. The number of benzene rings is 3. The molecule has 4 rings (SSSR count). The molecule has 0 aliphatic carbocycles. The topological polar surface area (TPSA) is 125 Å². The first-order valence-corrected chi connectivity index (χ1v) is 13.3. The minimum absolute atomic E-state index is 0.0738. The molecule has 2 N–H and O–H groups in total. The van der Waals surface area contributed by atoms with Crippen molar-refractivity contribution in [2.75, 3.05) is 26.0 Å². The first-order valence-electron chi connectivity index (χ1n) is 13.3. The lowest BCUT2D eigenvalue weighted by molar-refractivity contribution is -0.131. The number of aromatic nitrogens is 1. The van der Waals surface area contributed by atoms with Crippen molar-refractivity contribution >= 4 is 28.9 Å². The predicted octanol–water partition coefficient (Wildman–Crippen LogP) is 4.69. The summed E-state index contributed by atoms with van der Waals surface area (Å²) in [5.74, 6) is 0.502. The van der Waals surface area contributed by atoms with Crippen LogP contribution in [0.25, 0.3) is 10.9 Å². The van der Waals surface area contributed by atoms with Crippen molar-refractivity contribution in [3.8, 4) is 5.75 Å². The van der Waals surface area contributed by atoms with Crippen molar-refractivity contribution in [2.45, 2.75) is 39.4 Å². The fraction of sp³-hybridized carbons (Fsp3) is 0.290. The number of fused-ring (bicyclic) bond motifs is 1. The molecule has 2 amide bonds. The first-order chi connectivity index (χ1) is 19.7. The SMILES string of the molecule is CCN(Cc1ccc2nc(N[C@@H](Cc3ccc(OC)cc3)C(=O)N(C)Cc3ccccc3)oc(=O)c2c1C)C(=O)O. The van der Waals surface area contributed by atoms with E-state index in [9.17, 15) is 19.5 Å². The number of aryl methyl sites for hydroxylation is 1. The summed E-state index contributed by atoms with van der Waals surface area (Å²) in [6, 6.07) is 19.6. The van der Waals surface area contributed by atoms with Gasteiger partial charge < -0.3 is 29.4 Å². The monoisotopic (exact) mass is 558 g/mol. The number of nitrogens with one attached hydrogen (secondary N) is 1. The van der Waals surface area contributed by atoms with Crippen LogP contribution in [0.4, 0.5) is 10.8 Å². The van der Waals surface area contributed by atoms with Gasteiger partial charge in [0.25, 0.3) is 6.01 Å². The Hall–Kier alpha value is -4.86. The zero-order valence-electron chi connectivity index (χ0n) is 23.6. The molecule has 4 aromatic rings. The van der Waals surface area contributed by atoms with Crippen molar-refractivity contribution in [3.05, 3.63) is 99.4 Å². The lowest BCUT2D eigenvalue weighted by atomic mass is 10.0. The molecule has 1 aromatic heterocycles. The molecule has 0 fully saturated rings. The number of methoxy groups -OCH3 is 1. The van der Waals surface area contributed by atoms with E-state index in [1.807, 2.05) is 54.6 Å². The summed E-state index contributed by atoms with van der Waals surface area (Å²) in [4.78, 5) is 45.6. The summed E-state index contributed by atoms with van der Waals surface area (Å²) in [6.07, 6.45) is -0.729. The van der Waals surface area contributed by atoms with Crippen LogP contribution in [0, 0.1) is 6.92 Å². The summed E-state index contributed by atoms with van der Waals surface area (Å²) in [5.41, 5.74) is 2.92. The average Bonchev–Trinajstić information content (AvgIpc) is 2.96. The molecule has 3 aromatic carbocycles. The molecule has 41 heavy (non-hydrogen) atoms. The zero-order valence-corrected chi connectivity index (χ0v) is 23.6. The minimum Gasteiger partial charge on any atom is -0.497 e. The van der Waals surface area contributed by atoms with E-state index in [0.717, 1.165) is 11.1 Å². The van der Waals surface area contributed by atoms with Crippen LogP contribution < -0.4 is 15.7 Å². The quantitative estimate of drug-likeness (QED) is 0.272. The number of anilines is 1. The molecule has 0 saturated carbocycles. The van der Waals surface area contributed by atoms with Crippen LogP contribution in [-0.2, 0) is 24.3 Å². The van der Waals surface area contributed by atoms with Gasteiger partial charge in [-0.15, -0.1) is 0 Å². The largest absolute Gasteiger partial charge is 0.497 e. The highest BCUT2D eigenvalue weighted by molar-refractivity contribution is 5.85. The highest BCUT2D eigenvalue weighted by Crippen LogP contribution is 2.22. The lowest BCUT2D eigenvalue weighted by Gasteiger charge is -2.25. The molecule has 1 heterocycles. The van der Waals surface area contributed by atoms with Gasteiger partial charge in [-0.2, -0.15) is 4.98 Å². The number of nitrogens with zero attached hydrogens (tertiary/aromatic N) is 3. The number of carboxylic acid groups (broad SMARTS) is 1. The Morgan fingerprint density at radius 1 is 1.02 bits per heavy atom. The fourth-order valence-electron chi connectivity index (χ4n) is 4.66. The van der Waals surface area contributed by atoms with E-state index >= 15 is 0 Å². The van der Waals surface area contributed by atoms with Gasteiger partial charge in [0.05, 0.1) is 18.0 Å². The zero-order chi connectivity index (χ0) is 29.5. The third-order valence-corrected chi connectivity index (χ3v) is 7.02. The van der Waals surface area contributed by atoms with E-state index in [-0.39, 0.29) is 23.9 Å². The van der Waals surface area contributed by atoms with E-state index < -0.39 is 17.8 Å². The van der Waals surface area contributed by atoms with Gasteiger partial charge in [-0.3, -0.25) is 4.79 Å². The van der Waals surface area contributed by atoms with Crippen molar-refractivity contribution in [1.29, 1.82) is 0 Å². The van der Waals surface area contributed by atoms with Crippen LogP contribution >= 0.6 is 0 Å². The fourth-order valence-corrected chi connectivity index (χ4v) is 4.66. The molecule has 0 aliphatic rings. The Kier molecular flexibility index (Phi) is 9.23. The molecule has 0 bridgehead atoms. The number of ether oxygens (including phenoxy) is 1. The first kappa shape index (κ1) is 29.1. The van der Waals surface area contributed by atoms with Crippen LogP contribution in [0.5, 0.6) is 5.75 Å². The van der Waals surface area contributed by atoms with Gasteiger partial charge in [0.2, 0.25) is 5.91 Å². The Morgan fingerprint density at radius 2 is 1.73 bits per heavy atom. The van der Waals surface area contributed by atoms with E-state index in [1.54, 1.807) is 45.0 Å². The molecule has 1 atom stereocenters. The maximum atomic E-state index is 13.7. The Labute approximate surface area is 238 Å². The summed E-state index contributed by atoms with van der Waals surface area (Å²) in [6.45, 7) is 4.35. The minimum atomic E-state index is -1.04. The van der Waals surface area contributed by atoms with Gasteiger partial charge in [-0.05, 0) is 54.3 Å². The number of hydrogen-bond acceptors (Lipinski definition) is 7. The van der Waals surface area contributed by atoms with Crippen LogP contribution in [0.3, 0.4) is 0 Å². The summed E-state index contributed by atoms with van der Waals surface area (Å²) < 4.78 is 10.8. The van der Waals surface area contributed by atoms with Crippen molar-refractivity contribution in [3.63, 3.8) is 0 Å². The van der Waals surface area contributed by atoms with Crippen LogP contribution in [-0.4, -0.2) is 58.6 Å². The highest BCUT2D eigenvalue weighted by atomic mass is 16.5.